The molecule has 3 aromatic rings. The van der Waals surface area contributed by atoms with Gasteiger partial charge in [-0.25, -0.2) is 4.98 Å². The monoisotopic (exact) mass is 385 g/mol. The van der Waals surface area contributed by atoms with Gasteiger partial charge in [0.25, 0.3) is 0 Å². The van der Waals surface area contributed by atoms with E-state index in [1.807, 2.05) is 12.3 Å². The Bertz CT molecular complexity index is 907. The first-order chi connectivity index (χ1) is 13.6. The van der Waals surface area contributed by atoms with Crippen molar-refractivity contribution in [1.29, 1.82) is 0 Å². The van der Waals surface area contributed by atoms with Crippen LogP contribution in [0.25, 0.3) is 0 Å². The van der Waals surface area contributed by atoms with Gasteiger partial charge in [0.2, 0.25) is 0 Å². The lowest BCUT2D eigenvalue weighted by Gasteiger charge is -2.24. The van der Waals surface area contributed by atoms with E-state index < -0.39 is 0 Å². The van der Waals surface area contributed by atoms with E-state index in [0.29, 0.717) is 0 Å². The number of fused-ring (bicyclic) bond motifs is 1. The van der Waals surface area contributed by atoms with Crippen molar-refractivity contribution in [2.75, 3.05) is 16.5 Å². The molecule has 2 heterocycles. The van der Waals surface area contributed by atoms with Crippen LogP contribution < -0.4 is 9.80 Å². The number of aromatic nitrogens is 1. The molecule has 1 aliphatic rings. The first kappa shape index (κ1) is 19.5. The highest BCUT2D eigenvalue weighted by molar-refractivity contribution is 5.84. The molecule has 0 amide bonds. The Morgan fingerprint density at radius 1 is 0.655 bits per heavy atom. The minimum absolute atomic E-state index is 0.153. The maximum Gasteiger partial charge on any atom is 0.158 e. The summed E-state index contributed by atoms with van der Waals surface area (Å²) < 4.78 is 0. The van der Waals surface area contributed by atoms with Crippen molar-refractivity contribution in [2.24, 2.45) is 0 Å². The average Bonchev–Trinajstić information content (AvgIpc) is 3.07. The second-order valence-electron chi connectivity index (χ2n) is 9.94. The lowest BCUT2D eigenvalue weighted by atomic mass is 9.87. The Labute approximate surface area is 175 Å². The van der Waals surface area contributed by atoms with Gasteiger partial charge in [0.05, 0.1) is 5.69 Å². The molecule has 0 atom stereocenters. The van der Waals surface area contributed by atoms with Crippen LogP contribution in [0.3, 0.4) is 0 Å². The minimum Gasteiger partial charge on any atom is -0.320 e. The Morgan fingerprint density at radius 2 is 1.14 bits per heavy atom. The summed E-state index contributed by atoms with van der Waals surface area (Å²) in [7, 11) is 0. The van der Waals surface area contributed by atoms with E-state index in [-0.39, 0.29) is 10.8 Å². The second-order valence-corrected chi connectivity index (χ2v) is 9.94. The predicted octanol–water partition coefficient (Wildman–Crippen LogP) is 6.92. The molecule has 0 unspecified atom stereocenters. The maximum absolute atomic E-state index is 4.71. The number of anilines is 4. The third kappa shape index (κ3) is 3.74. The fourth-order valence-electron chi connectivity index (χ4n) is 3.80. The smallest absolute Gasteiger partial charge is 0.158 e. The Hall–Kier alpha value is -2.81. The molecular weight excluding hydrogens is 354 g/mol. The average molecular weight is 386 g/mol. The molecule has 0 saturated carbocycles. The van der Waals surface area contributed by atoms with Gasteiger partial charge in [0.15, 0.2) is 5.82 Å². The van der Waals surface area contributed by atoms with Crippen molar-refractivity contribution in [3.63, 3.8) is 0 Å². The summed E-state index contributed by atoms with van der Waals surface area (Å²) in [6.45, 7) is 14.3. The zero-order chi connectivity index (χ0) is 20.8. The van der Waals surface area contributed by atoms with E-state index in [0.717, 1.165) is 18.2 Å². The fraction of sp³-hybridized carbons (Fsp3) is 0.346. The number of hydrogen-bond donors (Lipinski definition) is 0. The molecule has 1 aromatic heterocycles. The van der Waals surface area contributed by atoms with Crippen LogP contribution in [0.1, 0.15) is 52.7 Å². The quantitative estimate of drug-likeness (QED) is 0.477. The maximum atomic E-state index is 4.71. The number of hydrogen-bond acceptors (Lipinski definition) is 3. The summed E-state index contributed by atoms with van der Waals surface area (Å²) in [5.74, 6) is 1.01. The van der Waals surface area contributed by atoms with E-state index in [9.17, 15) is 0 Å². The Kier molecular flexibility index (Phi) is 4.65. The predicted molar refractivity (Wildman–Crippen MR) is 124 cm³/mol. The van der Waals surface area contributed by atoms with Crippen LogP contribution in [0.4, 0.5) is 22.9 Å². The second kappa shape index (κ2) is 6.91. The van der Waals surface area contributed by atoms with Crippen molar-refractivity contribution < 1.29 is 0 Å². The molecule has 3 nitrogen and oxygen atoms in total. The Morgan fingerprint density at radius 3 is 1.62 bits per heavy atom. The zero-order valence-electron chi connectivity index (χ0n) is 18.4. The van der Waals surface area contributed by atoms with Crippen molar-refractivity contribution in [3.05, 3.63) is 78.0 Å². The molecule has 2 aromatic carbocycles. The highest BCUT2D eigenvalue weighted by atomic mass is 15.4. The van der Waals surface area contributed by atoms with Crippen LogP contribution in [0.5, 0.6) is 0 Å². The molecule has 0 bridgehead atoms. The van der Waals surface area contributed by atoms with Crippen molar-refractivity contribution in [1.82, 2.24) is 4.98 Å². The minimum atomic E-state index is 0.153. The van der Waals surface area contributed by atoms with E-state index in [1.54, 1.807) is 0 Å². The van der Waals surface area contributed by atoms with Crippen LogP contribution >= 0.6 is 0 Å². The molecule has 0 spiro atoms. The SMILES string of the molecule is CC(C)(C)c1ccc(N2CN(c3ccc(C(C)(C)C)cc3)c3ncccc32)cc1. The third-order valence-electron chi connectivity index (χ3n) is 5.69. The van der Waals surface area contributed by atoms with Gasteiger partial charge < -0.3 is 9.80 Å². The highest BCUT2D eigenvalue weighted by Crippen LogP contribution is 2.43. The number of rotatable bonds is 2. The third-order valence-corrected chi connectivity index (χ3v) is 5.69. The van der Waals surface area contributed by atoms with Gasteiger partial charge >= 0.3 is 0 Å². The fourth-order valence-corrected chi connectivity index (χ4v) is 3.80. The van der Waals surface area contributed by atoms with Gasteiger partial charge in [-0.1, -0.05) is 65.8 Å². The van der Waals surface area contributed by atoms with Crippen LogP contribution in [0.15, 0.2) is 66.9 Å². The molecule has 0 radical (unpaired) electrons. The van der Waals surface area contributed by atoms with Crippen molar-refractivity contribution in [2.45, 2.75) is 52.4 Å². The normalized spacial score (nSPS) is 14.3. The molecule has 0 fully saturated rings. The number of nitrogens with zero attached hydrogens (tertiary/aromatic N) is 3. The first-order valence-corrected chi connectivity index (χ1v) is 10.4. The molecule has 150 valence electrons. The largest absolute Gasteiger partial charge is 0.320 e. The highest BCUT2D eigenvalue weighted by Gasteiger charge is 2.29. The molecule has 0 N–H and O–H groups in total. The molecule has 1 aliphatic heterocycles. The van der Waals surface area contributed by atoms with Crippen molar-refractivity contribution >= 4 is 22.9 Å². The first-order valence-electron chi connectivity index (χ1n) is 10.4. The standard InChI is InChI=1S/C26H31N3/c1-25(2,3)19-9-13-21(14-10-19)28-18-29(24-23(28)8-7-17-27-24)22-15-11-20(12-16-22)26(4,5)6/h7-17H,18H2,1-6H3. The van der Waals surface area contributed by atoms with Gasteiger partial charge in [0.1, 0.15) is 6.67 Å². The van der Waals surface area contributed by atoms with E-state index in [2.05, 4.69) is 106 Å². The lowest BCUT2D eigenvalue weighted by Crippen LogP contribution is -2.24. The molecule has 4 rings (SSSR count). The van der Waals surface area contributed by atoms with Gasteiger partial charge in [-0.15, -0.1) is 0 Å². The van der Waals surface area contributed by atoms with Gasteiger partial charge in [0, 0.05) is 17.6 Å². The number of pyridine rings is 1. The Balaban J connectivity index is 1.68. The van der Waals surface area contributed by atoms with E-state index >= 15 is 0 Å². The van der Waals surface area contributed by atoms with Gasteiger partial charge in [-0.2, -0.15) is 0 Å². The number of benzene rings is 2. The molecule has 0 saturated heterocycles. The summed E-state index contributed by atoms with van der Waals surface area (Å²) >= 11 is 0. The summed E-state index contributed by atoms with van der Waals surface area (Å²) in [5.41, 5.74) is 6.52. The topological polar surface area (TPSA) is 19.4 Å². The molecule has 3 heteroatoms. The van der Waals surface area contributed by atoms with E-state index in [1.165, 1.54) is 22.5 Å². The van der Waals surface area contributed by atoms with Crippen LogP contribution in [-0.4, -0.2) is 11.7 Å². The summed E-state index contributed by atoms with van der Waals surface area (Å²) in [4.78, 5) is 9.34. The van der Waals surface area contributed by atoms with Crippen LogP contribution in [0.2, 0.25) is 0 Å². The van der Waals surface area contributed by atoms with Crippen LogP contribution in [-0.2, 0) is 10.8 Å². The van der Waals surface area contributed by atoms with Gasteiger partial charge in [-0.3, -0.25) is 0 Å². The van der Waals surface area contributed by atoms with Gasteiger partial charge in [-0.05, 0) is 58.4 Å². The summed E-state index contributed by atoms with van der Waals surface area (Å²) in [6.07, 6.45) is 1.88. The van der Waals surface area contributed by atoms with Crippen molar-refractivity contribution in [3.8, 4) is 0 Å². The molecule has 29 heavy (non-hydrogen) atoms. The van der Waals surface area contributed by atoms with E-state index in [4.69, 9.17) is 4.98 Å². The van der Waals surface area contributed by atoms with Crippen LogP contribution in [0, 0.1) is 0 Å². The summed E-state index contributed by atoms with van der Waals surface area (Å²) in [6, 6.07) is 22.0. The zero-order valence-corrected chi connectivity index (χ0v) is 18.4. The molecule has 0 aliphatic carbocycles. The lowest BCUT2D eigenvalue weighted by molar-refractivity contribution is 0.590. The molecular formula is C26H31N3. The summed E-state index contributed by atoms with van der Waals surface area (Å²) in [5, 5.41) is 0.